The molecule has 3 rings (SSSR count). The fraction of sp³-hybridized carbons (Fsp3) is 0.632. The molecule has 1 saturated carbocycles. The third kappa shape index (κ3) is 3.69. The molecule has 1 aliphatic carbocycles. The van der Waals surface area contributed by atoms with Crippen molar-refractivity contribution in [2.24, 2.45) is 0 Å². The molecule has 4 nitrogen and oxygen atoms in total. The lowest BCUT2D eigenvalue weighted by atomic mass is 9.78. The maximum atomic E-state index is 11.8. The molecule has 1 aromatic rings. The molecular formula is C19H28N2O2. The molecule has 0 unspecified atom stereocenters. The van der Waals surface area contributed by atoms with Crippen LogP contribution in [0.5, 0.6) is 5.75 Å². The van der Waals surface area contributed by atoms with E-state index in [0.717, 1.165) is 31.7 Å². The van der Waals surface area contributed by atoms with Crippen LogP contribution >= 0.6 is 0 Å². The molecule has 126 valence electrons. The van der Waals surface area contributed by atoms with E-state index in [1.54, 1.807) is 7.11 Å². The number of benzene rings is 1. The standard InChI is InChI=1S/C19H28N2O2/c1-23-17-9-3-2-8-16(17)19(10-4-5-11-19)14-21-15-7-6-12-20-18(22)13-15/h2-3,8-9,15,21H,4-7,10-14H2,1H3,(H,20,22)/t15-/m0/s1. The van der Waals surface area contributed by atoms with Gasteiger partial charge in [0.15, 0.2) is 0 Å². The smallest absolute Gasteiger partial charge is 0.221 e. The Bertz CT molecular complexity index is 538. The molecular weight excluding hydrogens is 288 g/mol. The summed E-state index contributed by atoms with van der Waals surface area (Å²) in [6.07, 6.45) is 7.65. The predicted octanol–water partition coefficient (Wildman–Crippen LogP) is 2.77. The zero-order valence-electron chi connectivity index (χ0n) is 14.1. The number of hydrogen-bond acceptors (Lipinski definition) is 3. The van der Waals surface area contributed by atoms with Crippen molar-refractivity contribution >= 4 is 5.91 Å². The average molecular weight is 316 g/mol. The van der Waals surface area contributed by atoms with Crippen molar-refractivity contribution in [1.29, 1.82) is 0 Å². The van der Waals surface area contributed by atoms with E-state index in [2.05, 4.69) is 28.8 Å². The van der Waals surface area contributed by atoms with Crippen LogP contribution in [-0.2, 0) is 10.2 Å². The predicted molar refractivity (Wildman–Crippen MR) is 91.8 cm³/mol. The number of amides is 1. The minimum absolute atomic E-state index is 0.148. The van der Waals surface area contributed by atoms with Gasteiger partial charge in [0, 0.05) is 36.5 Å². The molecule has 0 aromatic heterocycles. The number of carbonyl (C=O) groups is 1. The van der Waals surface area contributed by atoms with Crippen molar-refractivity contribution in [2.45, 2.75) is 56.4 Å². The average Bonchev–Trinajstić information content (AvgIpc) is 2.96. The second kappa shape index (κ2) is 7.35. The SMILES string of the molecule is COc1ccccc1C1(CN[C@H]2CCCNC(=O)C2)CCCC1. The van der Waals surface area contributed by atoms with Crippen LogP contribution in [0.3, 0.4) is 0 Å². The Labute approximate surface area is 139 Å². The summed E-state index contributed by atoms with van der Waals surface area (Å²) in [5, 5.41) is 6.67. The molecule has 1 heterocycles. The fourth-order valence-electron chi connectivity index (χ4n) is 4.16. The summed E-state index contributed by atoms with van der Waals surface area (Å²) in [6, 6.07) is 8.72. The maximum Gasteiger partial charge on any atom is 0.221 e. The van der Waals surface area contributed by atoms with E-state index in [9.17, 15) is 4.79 Å². The molecule has 2 aliphatic rings. The van der Waals surface area contributed by atoms with Gasteiger partial charge in [0.2, 0.25) is 5.91 Å². The van der Waals surface area contributed by atoms with Gasteiger partial charge in [-0.1, -0.05) is 31.0 Å². The Balaban J connectivity index is 1.75. The first kappa shape index (κ1) is 16.3. The molecule has 1 atom stereocenters. The summed E-state index contributed by atoms with van der Waals surface area (Å²) < 4.78 is 5.62. The molecule has 0 radical (unpaired) electrons. The van der Waals surface area contributed by atoms with Gasteiger partial charge in [0.25, 0.3) is 0 Å². The van der Waals surface area contributed by atoms with Gasteiger partial charge in [-0.15, -0.1) is 0 Å². The van der Waals surface area contributed by atoms with E-state index >= 15 is 0 Å². The number of ether oxygens (including phenoxy) is 1. The molecule has 0 bridgehead atoms. The third-order valence-corrected chi connectivity index (χ3v) is 5.45. The number of hydrogen-bond donors (Lipinski definition) is 2. The van der Waals surface area contributed by atoms with Crippen molar-refractivity contribution in [2.75, 3.05) is 20.2 Å². The Morgan fingerprint density at radius 1 is 1.26 bits per heavy atom. The summed E-state index contributed by atoms with van der Waals surface area (Å²) in [4.78, 5) is 11.8. The number of para-hydroxylation sites is 1. The van der Waals surface area contributed by atoms with Crippen LogP contribution in [0.15, 0.2) is 24.3 Å². The van der Waals surface area contributed by atoms with E-state index in [-0.39, 0.29) is 11.3 Å². The van der Waals surface area contributed by atoms with Gasteiger partial charge >= 0.3 is 0 Å². The van der Waals surface area contributed by atoms with Crippen LogP contribution in [0, 0.1) is 0 Å². The molecule has 1 amide bonds. The van der Waals surface area contributed by atoms with Crippen molar-refractivity contribution in [3.05, 3.63) is 29.8 Å². The van der Waals surface area contributed by atoms with E-state index in [0.29, 0.717) is 12.5 Å². The lowest BCUT2D eigenvalue weighted by Crippen LogP contribution is -2.42. The Hall–Kier alpha value is -1.55. The van der Waals surface area contributed by atoms with Crippen LogP contribution in [0.2, 0.25) is 0 Å². The summed E-state index contributed by atoms with van der Waals surface area (Å²) in [5.41, 5.74) is 1.47. The van der Waals surface area contributed by atoms with Crippen LogP contribution in [-0.4, -0.2) is 32.1 Å². The van der Waals surface area contributed by atoms with E-state index < -0.39 is 0 Å². The molecule has 1 saturated heterocycles. The fourth-order valence-corrected chi connectivity index (χ4v) is 4.16. The summed E-state index contributed by atoms with van der Waals surface area (Å²) >= 11 is 0. The van der Waals surface area contributed by atoms with Crippen LogP contribution in [0.4, 0.5) is 0 Å². The number of nitrogens with one attached hydrogen (secondary N) is 2. The molecule has 23 heavy (non-hydrogen) atoms. The lowest BCUT2D eigenvalue weighted by molar-refractivity contribution is -0.121. The topological polar surface area (TPSA) is 50.4 Å². The normalized spacial score (nSPS) is 24.0. The van der Waals surface area contributed by atoms with E-state index in [4.69, 9.17) is 4.74 Å². The summed E-state index contributed by atoms with van der Waals surface area (Å²) in [5.74, 6) is 1.17. The second-order valence-corrected chi connectivity index (χ2v) is 6.96. The van der Waals surface area contributed by atoms with E-state index in [1.165, 1.54) is 31.2 Å². The number of carbonyl (C=O) groups excluding carboxylic acids is 1. The number of rotatable bonds is 5. The van der Waals surface area contributed by atoms with E-state index in [1.807, 2.05) is 6.07 Å². The van der Waals surface area contributed by atoms with Crippen LogP contribution in [0.1, 0.15) is 50.5 Å². The summed E-state index contributed by atoms with van der Waals surface area (Å²) in [6.45, 7) is 1.75. The Kier molecular flexibility index (Phi) is 5.21. The Morgan fingerprint density at radius 2 is 2.04 bits per heavy atom. The molecule has 1 aliphatic heterocycles. The molecule has 2 fully saturated rings. The van der Waals surface area contributed by atoms with Crippen molar-refractivity contribution < 1.29 is 9.53 Å². The molecule has 1 aromatic carbocycles. The lowest BCUT2D eigenvalue weighted by Gasteiger charge is -2.33. The van der Waals surface area contributed by atoms with Gasteiger partial charge in [-0.3, -0.25) is 4.79 Å². The molecule has 2 N–H and O–H groups in total. The van der Waals surface area contributed by atoms with Gasteiger partial charge in [-0.05, 0) is 31.7 Å². The minimum atomic E-state index is 0.148. The van der Waals surface area contributed by atoms with Crippen molar-refractivity contribution in [3.8, 4) is 5.75 Å². The molecule has 0 spiro atoms. The zero-order chi connectivity index (χ0) is 16.1. The highest BCUT2D eigenvalue weighted by Crippen LogP contribution is 2.44. The van der Waals surface area contributed by atoms with Gasteiger partial charge in [0.1, 0.15) is 5.75 Å². The second-order valence-electron chi connectivity index (χ2n) is 6.96. The van der Waals surface area contributed by atoms with Crippen LogP contribution < -0.4 is 15.4 Å². The monoisotopic (exact) mass is 316 g/mol. The highest BCUT2D eigenvalue weighted by Gasteiger charge is 2.38. The van der Waals surface area contributed by atoms with Crippen molar-refractivity contribution in [3.63, 3.8) is 0 Å². The van der Waals surface area contributed by atoms with Gasteiger partial charge in [-0.25, -0.2) is 0 Å². The molecule has 4 heteroatoms. The third-order valence-electron chi connectivity index (χ3n) is 5.45. The zero-order valence-corrected chi connectivity index (χ0v) is 14.1. The Morgan fingerprint density at radius 3 is 2.83 bits per heavy atom. The van der Waals surface area contributed by atoms with Crippen LogP contribution in [0.25, 0.3) is 0 Å². The minimum Gasteiger partial charge on any atom is -0.496 e. The van der Waals surface area contributed by atoms with Gasteiger partial charge in [-0.2, -0.15) is 0 Å². The van der Waals surface area contributed by atoms with Crippen molar-refractivity contribution in [1.82, 2.24) is 10.6 Å². The largest absolute Gasteiger partial charge is 0.496 e. The van der Waals surface area contributed by atoms with Gasteiger partial charge in [0.05, 0.1) is 7.11 Å². The quantitative estimate of drug-likeness (QED) is 0.878. The first-order valence-electron chi connectivity index (χ1n) is 8.87. The number of methoxy groups -OCH3 is 1. The highest BCUT2D eigenvalue weighted by atomic mass is 16.5. The summed E-state index contributed by atoms with van der Waals surface area (Å²) in [7, 11) is 1.75. The first-order chi connectivity index (χ1) is 11.2. The van der Waals surface area contributed by atoms with Gasteiger partial charge < -0.3 is 15.4 Å². The maximum absolute atomic E-state index is 11.8. The first-order valence-corrected chi connectivity index (χ1v) is 8.87. The highest BCUT2D eigenvalue weighted by molar-refractivity contribution is 5.76.